The van der Waals surface area contributed by atoms with Crippen LogP contribution in [-0.4, -0.2) is 32.4 Å². The first-order chi connectivity index (χ1) is 11.5. The highest BCUT2D eigenvalue weighted by Crippen LogP contribution is 2.37. The van der Waals surface area contributed by atoms with Crippen molar-refractivity contribution in [2.75, 3.05) is 21.3 Å². The fourth-order valence-corrected chi connectivity index (χ4v) is 2.68. The molecule has 1 heterocycles. The van der Waals surface area contributed by atoms with Gasteiger partial charge in [-0.05, 0) is 12.1 Å². The summed E-state index contributed by atoms with van der Waals surface area (Å²) in [6.45, 7) is 0. The van der Waals surface area contributed by atoms with Crippen LogP contribution in [0, 0.1) is 0 Å². The van der Waals surface area contributed by atoms with Crippen molar-refractivity contribution in [1.82, 2.24) is 0 Å². The molecule has 0 saturated heterocycles. The molecule has 0 atom stereocenters. The average Bonchev–Trinajstić information content (AvgIpc) is 2.59. The van der Waals surface area contributed by atoms with Crippen LogP contribution in [0.5, 0.6) is 17.2 Å². The molecule has 7 heteroatoms. The average molecular weight is 330 g/mol. The second-order valence-electron chi connectivity index (χ2n) is 4.93. The molecule has 24 heavy (non-hydrogen) atoms. The van der Waals surface area contributed by atoms with Gasteiger partial charge in [-0.1, -0.05) is 6.07 Å². The second-order valence-corrected chi connectivity index (χ2v) is 4.93. The number of benzene rings is 2. The third kappa shape index (κ3) is 2.13. The van der Waals surface area contributed by atoms with Gasteiger partial charge >= 0.3 is 5.97 Å². The first-order valence-electron chi connectivity index (χ1n) is 6.95. The van der Waals surface area contributed by atoms with Gasteiger partial charge in [0.1, 0.15) is 39.2 Å². The highest BCUT2D eigenvalue weighted by atomic mass is 16.5. The quantitative estimate of drug-likeness (QED) is 0.735. The van der Waals surface area contributed by atoms with Crippen LogP contribution in [-0.2, 0) is 0 Å². The highest BCUT2D eigenvalue weighted by Gasteiger charge is 2.25. The maximum atomic E-state index is 13.0. The van der Waals surface area contributed by atoms with Crippen molar-refractivity contribution < 1.29 is 28.5 Å². The molecule has 1 N–H and O–H groups in total. The van der Waals surface area contributed by atoms with Crippen LogP contribution in [0.1, 0.15) is 10.4 Å². The zero-order valence-electron chi connectivity index (χ0n) is 13.2. The molecule has 0 aliphatic rings. The number of ether oxygens (including phenoxy) is 3. The lowest BCUT2D eigenvalue weighted by atomic mass is 10.1. The number of carboxylic acid groups (broad SMARTS) is 1. The SMILES string of the molecule is COc1cc(OC)c2c(=O)c3c(OC)cccc3oc2c1C(=O)O. The van der Waals surface area contributed by atoms with Gasteiger partial charge in [-0.15, -0.1) is 0 Å². The molecule has 2 aromatic carbocycles. The van der Waals surface area contributed by atoms with Gasteiger partial charge in [0.2, 0.25) is 5.43 Å². The van der Waals surface area contributed by atoms with Gasteiger partial charge in [0.25, 0.3) is 0 Å². The van der Waals surface area contributed by atoms with Crippen LogP contribution < -0.4 is 19.6 Å². The first-order valence-corrected chi connectivity index (χ1v) is 6.95. The number of carboxylic acids is 1. The van der Waals surface area contributed by atoms with Crippen LogP contribution in [0.15, 0.2) is 33.5 Å². The summed E-state index contributed by atoms with van der Waals surface area (Å²) >= 11 is 0. The fraction of sp³-hybridized carbons (Fsp3) is 0.176. The summed E-state index contributed by atoms with van der Waals surface area (Å²) in [6, 6.07) is 6.19. The molecule has 0 fully saturated rings. The maximum Gasteiger partial charge on any atom is 0.343 e. The minimum Gasteiger partial charge on any atom is -0.496 e. The van der Waals surface area contributed by atoms with E-state index in [1.54, 1.807) is 18.2 Å². The van der Waals surface area contributed by atoms with Crippen molar-refractivity contribution in [3.63, 3.8) is 0 Å². The number of rotatable bonds is 4. The van der Waals surface area contributed by atoms with Gasteiger partial charge < -0.3 is 23.7 Å². The van der Waals surface area contributed by atoms with E-state index >= 15 is 0 Å². The Morgan fingerprint density at radius 1 is 1.00 bits per heavy atom. The molecule has 3 aromatic rings. The van der Waals surface area contributed by atoms with Crippen LogP contribution in [0.2, 0.25) is 0 Å². The molecular formula is C17H14O7. The van der Waals surface area contributed by atoms with Gasteiger partial charge in [0.15, 0.2) is 5.58 Å². The Labute approximate surface area is 136 Å². The maximum absolute atomic E-state index is 13.0. The minimum atomic E-state index is -1.27. The second kappa shape index (κ2) is 5.77. The van der Waals surface area contributed by atoms with E-state index in [4.69, 9.17) is 18.6 Å². The Balaban J connectivity index is 2.64. The van der Waals surface area contributed by atoms with Crippen molar-refractivity contribution >= 4 is 27.9 Å². The predicted octanol–water partition coefficient (Wildman–Crippen LogP) is 2.67. The number of hydrogen-bond acceptors (Lipinski definition) is 6. The first kappa shape index (κ1) is 15.7. The summed E-state index contributed by atoms with van der Waals surface area (Å²) in [5.74, 6) is -0.742. The molecule has 0 aliphatic heterocycles. The molecular weight excluding hydrogens is 316 g/mol. The fourth-order valence-electron chi connectivity index (χ4n) is 2.68. The normalized spacial score (nSPS) is 10.8. The summed E-state index contributed by atoms with van der Waals surface area (Å²) in [7, 11) is 4.14. The van der Waals surface area contributed by atoms with E-state index in [-0.39, 0.29) is 39.0 Å². The van der Waals surface area contributed by atoms with Gasteiger partial charge in [0.05, 0.1) is 21.3 Å². The van der Waals surface area contributed by atoms with Crippen molar-refractivity contribution in [2.45, 2.75) is 0 Å². The number of fused-ring (bicyclic) bond motifs is 2. The molecule has 0 aliphatic carbocycles. The molecule has 0 amide bonds. The van der Waals surface area contributed by atoms with Gasteiger partial charge in [-0.3, -0.25) is 4.79 Å². The van der Waals surface area contributed by atoms with Gasteiger partial charge in [-0.25, -0.2) is 4.79 Å². The zero-order chi connectivity index (χ0) is 17.4. The lowest BCUT2D eigenvalue weighted by molar-refractivity contribution is 0.0694. The largest absolute Gasteiger partial charge is 0.496 e. The molecule has 3 rings (SSSR count). The van der Waals surface area contributed by atoms with E-state index in [0.29, 0.717) is 5.75 Å². The lowest BCUT2D eigenvalue weighted by Crippen LogP contribution is -2.10. The van der Waals surface area contributed by atoms with Gasteiger partial charge in [0, 0.05) is 6.07 Å². The zero-order valence-corrected chi connectivity index (χ0v) is 13.2. The van der Waals surface area contributed by atoms with Gasteiger partial charge in [-0.2, -0.15) is 0 Å². The highest BCUT2D eigenvalue weighted by molar-refractivity contribution is 6.08. The molecule has 0 spiro atoms. The third-order valence-corrected chi connectivity index (χ3v) is 3.74. The standard InChI is InChI=1S/C17H14O7/c1-21-8-5-4-6-9-12(8)15(18)13-10(22-2)7-11(23-3)14(17(19)20)16(13)24-9/h4-7H,1-3H3,(H,19,20). The van der Waals surface area contributed by atoms with E-state index in [9.17, 15) is 14.7 Å². The topological polar surface area (TPSA) is 95.2 Å². The van der Waals surface area contributed by atoms with E-state index in [2.05, 4.69) is 0 Å². The predicted molar refractivity (Wildman–Crippen MR) is 86.6 cm³/mol. The molecule has 1 aromatic heterocycles. The lowest BCUT2D eigenvalue weighted by Gasteiger charge is -2.13. The Bertz CT molecular complexity index is 1020. The molecule has 0 saturated carbocycles. The summed E-state index contributed by atoms with van der Waals surface area (Å²) in [5.41, 5.74) is -0.574. The molecule has 124 valence electrons. The molecule has 0 radical (unpaired) electrons. The van der Waals surface area contributed by atoms with Crippen LogP contribution in [0.4, 0.5) is 0 Å². The summed E-state index contributed by atoms with van der Waals surface area (Å²) in [4.78, 5) is 24.6. The van der Waals surface area contributed by atoms with Crippen molar-refractivity contribution in [3.8, 4) is 17.2 Å². The Morgan fingerprint density at radius 2 is 1.67 bits per heavy atom. The summed E-state index contributed by atoms with van der Waals surface area (Å²) in [6.07, 6.45) is 0. The van der Waals surface area contributed by atoms with Crippen LogP contribution >= 0.6 is 0 Å². The van der Waals surface area contributed by atoms with Crippen molar-refractivity contribution in [1.29, 1.82) is 0 Å². The van der Waals surface area contributed by atoms with Crippen LogP contribution in [0.25, 0.3) is 21.9 Å². The van der Waals surface area contributed by atoms with Crippen molar-refractivity contribution in [2.24, 2.45) is 0 Å². The molecule has 7 nitrogen and oxygen atoms in total. The van der Waals surface area contributed by atoms with E-state index in [0.717, 1.165) is 0 Å². The Morgan fingerprint density at radius 3 is 2.25 bits per heavy atom. The number of carbonyl (C=O) groups is 1. The van der Waals surface area contributed by atoms with Crippen LogP contribution in [0.3, 0.4) is 0 Å². The molecule has 0 unspecified atom stereocenters. The van der Waals surface area contributed by atoms with Crippen molar-refractivity contribution in [3.05, 3.63) is 40.1 Å². The minimum absolute atomic E-state index is 0.0210. The summed E-state index contributed by atoms with van der Waals surface area (Å²) < 4.78 is 21.3. The smallest absolute Gasteiger partial charge is 0.343 e. The third-order valence-electron chi connectivity index (χ3n) is 3.74. The monoisotopic (exact) mass is 330 g/mol. The number of methoxy groups -OCH3 is 3. The van der Waals surface area contributed by atoms with E-state index in [1.165, 1.54) is 27.4 Å². The van der Waals surface area contributed by atoms with E-state index in [1.807, 2.05) is 0 Å². The number of aromatic carboxylic acids is 1. The Hall–Kier alpha value is -3.22. The number of hydrogen-bond donors (Lipinski definition) is 1. The molecule has 0 bridgehead atoms. The Kier molecular flexibility index (Phi) is 3.76. The summed E-state index contributed by atoms with van der Waals surface area (Å²) in [5, 5.41) is 9.75. The van der Waals surface area contributed by atoms with E-state index < -0.39 is 11.4 Å².